The zero-order chi connectivity index (χ0) is 12.1. The molecule has 1 aliphatic rings. The van der Waals surface area contributed by atoms with Gasteiger partial charge in [0.25, 0.3) is 0 Å². The fraction of sp³-hybridized carbons (Fsp3) is 0.833. The van der Waals surface area contributed by atoms with Gasteiger partial charge in [0.05, 0.1) is 12.0 Å². The molecule has 0 spiro atoms. The Bertz CT molecular complexity index is 345. The number of nitrogens with two attached hydrogens (primary N) is 1. The molecular formula is C12H21N3O2. The molecule has 0 amide bonds. The summed E-state index contributed by atoms with van der Waals surface area (Å²) in [5.41, 5.74) is 5.85. The number of nitrogens with zero attached hydrogens (tertiary/aromatic N) is 2. The van der Waals surface area contributed by atoms with E-state index in [1.807, 2.05) is 0 Å². The van der Waals surface area contributed by atoms with E-state index in [9.17, 15) is 0 Å². The first-order valence-electron chi connectivity index (χ1n) is 6.33. The van der Waals surface area contributed by atoms with Crippen LogP contribution in [0, 0.1) is 0 Å². The lowest BCUT2D eigenvalue weighted by atomic mass is 9.74. The monoisotopic (exact) mass is 239 g/mol. The van der Waals surface area contributed by atoms with E-state index in [4.69, 9.17) is 15.0 Å². The fourth-order valence-electron chi connectivity index (χ4n) is 2.50. The smallest absolute Gasteiger partial charge is 0.234 e. The zero-order valence-corrected chi connectivity index (χ0v) is 10.4. The van der Waals surface area contributed by atoms with Crippen molar-refractivity contribution in [2.45, 2.75) is 43.9 Å². The van der Waals surface area contributed by atoms with Crippen LogP contribution < -0.4 is 5.73 Å². The summed E-state index contributed by atoms with van der Waals surface area (Å²) in [4.78, 5) is 4.48. The van der Waals surface area contributed by atoms with Crippen molar-refractivity contribution in [3.05, 3.63) is 11.7 Å². The van der Waals surface area contributed by atoms with E-state index in [-0.39, 0.29) is 5.41 Å². The van der Waals surface area contributed by atoms with Crippen molar-refractivity contribution in [2.24, 2.45) is 5.73 Å². The topological polar surface area (TPSA) is 74.2 Å². The third-order valence-corrected chi connectivity index (χ3v) is 3.65. The normalized spacial score (nSPS) is 19.4. The maximum absolute atomic E-state index is 5.93. The minimum atomic E-state index is -0.0728. The van der Waals surface area contributed by atoms with E-state index in [1.54, 1.807) is 7.11 Å². The van der Waals surface area contributed by atoms with Crippen molar-refractivity contribution in [1.82, 2.24) is 10.1 Å². The first-order valence-corrected chi connectivity index (χ1v) is 6.33. The number of hydrogen-bond acceptors (Lipinski definition) is 5. The second-order valence-corrected chi connectivity index (χ2v) is 4.80. The number of hydrogen-bond donors (Lipinski definition) is 1. The van der Waals surface area contributed by atoms with Gasteiger partial charge in [-0.1, -0.05) is 24.4 Å². The van der Waals surface area contributed by atoms with E-state index >= 15 is 0 Å². The van der Waals surface area contributed by atoms with Gasteiger partial charge >= 0.3 is 0 Å². The summed E-state index contributed by atoms with van der Waals surface area (Å²) in [5.74, 6) is 1.45. The highest BCUT2D eigenvalue weighted by molar-refractivity contribution is 5.08. The molecule has 0 radical (unpaired) electrons. The Kier molecular flexibility index (Phi) is 4.12. The van der Waals surface area contributed by atoms with E-state index in [1.165, 1.54) is 19.3 Å². The maximum Gasteiger partial charge on any atom is 0.234 e. The second kappa shape index (κ2) is 5.60. The van der Waals surface area contributed by atoms with Crippen molar-refractivity contribution >= 4 is 0 Å². The van der Waals surface area contributed by atoms with Crippen LogP contribution >= 0.6 is 0 Å². The highest BCUT2D eigenvalue weighted by atomic mass is 16.5. The van der Waals surface area contributed by atoms with Crippen LogP contribution in [0.3, 0.4) is 0 Å². The van der Waals surface area contributed by atoms with Gasteiger partial charge in [-0.2, -0.15) is 4.98 Å². The van der Waals surface area contributed by atoms with Crippen LogP contribution in [-0.4, -0.2) is 30.4 Å². The van der Waals surface area contributed by atoms with Crippen LogP contribution in [0.4, 0.5) is 0 Å². The Labute approximate surface area is 102 Å². The molecule has 1 saturated carbocycles. The number of methoxy groups -OCH3 is 1. The average Bonchev–Trinajstić information content (AvgIpc) is 2.86. The van der Waals surface area contributed by atoms with Crippen molar-refractivity contribution < 1.29 is 9.26 Å². The molecule has 1 aliphatic carbocycles. The Morgan fingerprint density at radius 2 is 2.12 bits per heavy atom. The molecule has 2 rings (SSSR count). The summed E-state index contributed by atoms with van der Waals surface area (Å²) in [6, 6.07) is 0. The number of ether oxygens (including phenoxy) is 1. The quantitative estimate of drug-likeness (QED) is 0.841. The molecule has 2 N–H and O–H groups in total. The predicted molar refractivity (Wildman–Crippen MR) is 63.7 cm³/mol. The fourth-order valence-corrected chi connectivity index (χ4v) is 2.50. The lowest BCUT2D eigenvalue weighted by Crippen LogP contribution is -2.37. The molecular weight excluding hydrogens is 218 g/mol. The highest BCUT2D eigenvalue weighted by Crippen LogP contribution is 2.37. The van der Waals surface area contributed by atoms with Crippen LogP contribution in [0.5, 0.6) is 0 Å². The van der Waals surface area contributed by atoms with Crippen LogP contribution in [0.15, 0.2) is 4.52 Å². The van der Waals surface area contributed by atoms with Gasteiger partial charge in [0.2, 0.25) is 5.89 Å². The molecule has 0 aromatic carbocycles. The third-order valence-electron chi connectivity index (χ3n) is 3.65. The molecule has 5 nitrogen and oxygen atoms in total. The molecule has 1 aromatic rings. The van der Waals surface area contributed by atoms with Gasteiger partial charge in [0.15, 0.2) is 5.82 Å². The number of rotatable bonds is 5. The molecule has 96 valence electrons. The summed E-state index contributed by atoms with van der Waals surface area (Å²) in [6.45, 7) is 1.22. The van der Waals surface area contributed by atoms with Gasteiger partial charge in [0, 0.05) is 20.1 Å². The molecule has 5 heteroatoms. The Hall–Kier alpha value is -0.940. The summed E-state index contributed by atoms with van der Waals surface area (Å²) >= 11 is 0. The minimum absolute atomic E-state index is 0.0728. The highest BCUT2D eigenvalue weighted by Gasteiger charge is 2.37. The summed E-state index contributed by atoms with van der Waals surface area (Å²) < 4.78 is 10.4. The first-order chi connectivity index (χ1) is 8.30. The zero-order valence-electron chi connectivity index (χ0n) is 10.4. The van der Waals surface area contributed by atoms with Crippen LogP contribution in [0.2, 0.25) is 0 Å². The molecule has 0 saturated heterocycles. The molecule has 17 heavy (non-hydrogen) atoms. The average molecular weight is 239 g/mol. The molecule has 0 unspecified atom stereocenters. The summed E-state index contributed by atoms with van der Waals surface area (Å²) in [7, 11) is 1.67. The van der Waals surface area contributed by atoms with Crippen molar-refractivity contribution in [3.8, 4) is 0 Å². The minimum Gasteiger partial charge on any atom is -0.384 e. The second-order valence-electron chi connectivity index (χ2n) is 4.80. The molecule has 0 bridgehead atoms. The Balaban J connectivity index is 2.10. The van der Waals surface area contributed by atoms with Crippen molar-refractivity contribution in [2.75, 3.05) is 20.3 Å². The molecule has 0 atom stereocenters. The van der Waals surface area contributed by atoms with Gasteiger partial charge in [0.1, 0.15) is 0 Å². The van der Waals surface area contributed by atoms with Gasteiger partial charge < -0.3 is 15.0 Å². The molecule has 1 heterocycles. The first kappa shape index (κ1) is 12.5. The van der Waals surface area contributed by atoms with E-state index in [2.05, 4.69) is 10.1 Å². The van der Waals surface area contributed by atoms with E-state index in [0.29, 0.717) is 19.6 Å². The van der Waals surface area contributed by atoms with Crippen molar-refractivity contribution in [1.29, 1.82) is 0 Å². The van der Waals surface area contributed by atoms with Gasteiger partial charge in [-0.15, -0.1) is 0 Å². The third kappa shape index (κ3) is 2.66. The number of aromatic nitrogens is 2. The Morgan fingerprint density at radius 1 is 1.35 bits per heavy atom. The lowest BCUT2D eigenvalue weighted by Gasteiger charge is -2.32. The van der Waals surface area contributed by atoms with Gasteiger partial charge in [-0.25, -0.2) is 0 Å². The van der Waals surface area contributed by atoms with Gasteiger partial charge in [-0.3, -0.25) is 0 Å². The van der Waals surface area contributed by atoms with Crippen LogP contribution in [-0.2, 0) is 16.6 Å². The molecule has 0 aliphatic heterocycles. The van der Waals surface area contributed by atoms with Crippen LogP contribution in [0.25, 0.3) is 0 Å². The standard InChI is InChI=1S/C12H21N3O2/c1-16-8-5-10-14-11(17-15-10)12(9-13)6-3-2-4-7-12/h2-9,13H2,1H3. The molecule has 1 aromatic heterocycles. The maximum atomic E-state index is 5.93. The largest absolute Gasteiger partial charge is 0.384 e. The van der Waals surface area contributed by atoms with Gasteiger partial charge in [-0.05, 0) is 12.8 Å². The predicted octanol–water partition coefficient (Wildman–Crippen LogP) is 1.42. The summed E-state index contributed by atoms with van der Waals surface area (Å²) in [6.07, 6.45) is 6.51. The summed E-state index contributed by atoms with van der Waals surface area (Å²) in [5, 5.41) is 4.00. The Morgan fingerprint density at radius 3 is 2.76 bits per heavy atom. The van der Waals surface area contributed by atoms with E-state index < -0.39 is 0 Å². The van der Waals surface area contributed by atoms with E-state index in [0.717, 1.165) is 24.6 Å². The van der Waals surface area contributed by atoms with Crippen molar-refractivity contribution in [3.63, 3.8) is 0 Å². The lowest BCUT2D eigenvalue weighted by molar-refractivity contribution is 0.199. The van der Waals surface area contributed by atoms with Crippen LogP contribution in [0.1, 0.15) is 43.8 Å². The molecule has 1 fully saturated rings. The SMILES string of the molecule is COCCc1noc(C2(CN)CCCCC2)n1.